The van der Waals surface area contributed by atoms with Crippen LogP contribution in [0.2, 0.25) is 5.02 Å². The molecule has 40 heavy (non-hydrogen) atoms. The van der Waals surface area contributed by atoms with Gasteiger partial charge in [0.2, 0.25) is 0 Å². The lowest BCUT2D eigenvalue weighted by Crippen LogP contribution is -2.07. The van der Waals surface area contributed by atoms with E-state index >= 15 is 0 Å². The number of fused-ring (bicyclic) bond motifs is 2. The second kappa shape index (κ2) is 11.4. The summed E-state index contributed by atoms with van der Waals surface area (Å²) in [6.45, 7) is 2.62. The summed E-state index contributed by atoms with van der Waals surface area (Å²) in [7, 11) is 0. The summed E-state index contributed by atoms with van der Waals surface area (Å²) < 4.78 is 8.11. The van der Waals surface area contributed by atoms with Gasteiger partial charge in [0.15, 0.2) is 5.16 Å². The van der Waals surface area contributed by atoms with E-state index in [9.17, 15) is 9.90 Å². The predicted molar refractivity (Wildman–Crippen MR) is 161 cm³/mol. The van der Waals surface area contributed by atoms with Gasteiger partial charge in [0, 0.05) is 22.3 Å². The van der Waals surface area contributed by atoms with Crippen molar-refractivity contribution in [1.29, 1.82) is 0 Å². The monoisotopic (exact) mass is 568 g/mol. The van der Waals surface area contributed by atoms with Crippen molar-refractivity contribution in [2.45, 2.75) is 43.0 Å². The Hall–Kier alpha value is -3.74. The summed E-state index contributed by atoms with van der Waals surface area (Å²) in [4.78, 5) is 16.2. The van der Waals surface area contributed by atoms with E-state index in [4.69, 9.17) is 21.3 Å². The summed E-state index contributed by atoms with van der Waals surface area (Å²) in [6, 6.07) is 29.0. The van der Waals surface area contributed by atoms with Crippen LogP contribution in [0.25, 0.3) is 16.7 Å². The zero-order chi connectivity index (χ0) is 27.6. The third kappa shape index (κ3) is 5.47. The summed E-state index contributed by atoms with van der Waals surface area (Å²) in [6.07, 6.45) is 1.85. The molecule has 1 atom stereocenters. The molecule has 0 spiro atoms. The van der Waals surface area contributed by atoms with Crippen molar-refractivity contribution in [3.63, 3.8) is 0 Å². The number of hydrogen-bond acceptors (Lipinski definition) is 4. The molecule has 0 amide bonds. The minimum atomic E-state index is -0.793. The van der Waals surface area contributed by atoms with Gasteiger partial charge in [0.25, 0.3) is 0 Å². The van der Waals surface area contributed by atoms with E-state index in [1.54, 1.807) is 11.8 Å². The molecule has 0 saturated carbocycles. The second-order valence-electron chi connectivity index (χ2n) is 10.2. The van der Waals surface area contributed by atoms with E-state index in [0.29, 0.717) is 6.61 Å². The average molecular weight is 569 g/mol. The molecule has 202 valence electrons. The molecule has 1 aliphatic heterocycles. The number of para-hydroxylation sites is 2. The maximum atomic E-state index is 11.2. The highest BCUT2D eigenvalue weighted by molar-refractivity contribution is 7.98. The van der Waals surface area contributed by atoms with Crippen molar-refractivity contribution < 1.29 is 14.6 Å². The fourth-order valence-electron chi connectivity index (χ4n) is 5.38. The van der Waals surface area contributed by atoms with Crippen molar-refractivity contribution >= 4 is 40.4 Å². The molecule has 6 rings (SSSR count). The summed E-state index contributed by atoms with van der Waals surface area (Å²) in [5.41, 5.74) is 9.11. The number of nitrogens with zero attached hydrogens (tertiary/aromatic N) is 2. The Morgan fingerprint density at radius 3 is 2.65 bits per heavy atom. The number of carbonyl (C=O) groups is 1. The van der Waals surface area contributed by atoms with Crippen LogP contribution < -0.4 is 4.74 Å². The Kier molecular flexibility index (Phi) is 7.55. The number of imidazole rings is 1. The number of rotatable bonds is 9. The van der Waals surface area contributed by atoms with Crippen LogP contribution in [0.1, 0.15) is 40.2 Å². The number of aromatic nitrogens is 2. The maximum absolute atomic E-state index is 11.2. The predicted octanol–water partition coefficient (Wildman–Crippen LogP) is 8.02. The quantitative estimate of drug-likeness (QED) is 0.182. The summed E-state index contributed by atoms with van der Waals surface area (Å²) in [5.74, 6) is 0.754. The number of aliphatic carboxylic acids is 1. The van der Waals surface area contributed by atoms with E-state index in [0.717, 1.165) is 56.8 Å². The molecule has 2 heterocycles. The van der Waals surface area contributed by atoms with Crippen LogP contribution in [0.3, 0.4) is 0 Å². The first-order chi connectivity index (χ1) is 19.5. The van der Waals surface area contributed by atoms with E-state index in [1.807, 2.05) is 24.3 Å². The highest BCUT2D eigenvalue weighted by Gasteiger charge is 2.26. The van der Waals surface area contributed by atoms with Gasteiger partial charge in [-0.05, 0) is 78.4 Å². The maximum Gasteiger partial charge on any atom is 0.304 e. The Labute approximate surface area is 242 Å². The molecule has 1 N–H and O–H groups in total. The van der Waals surface area contributed by atoms with Crippen LogP contribution in [0.5, 0.6) is 5.75 Å². The van der Waals surface area contributed by atoms with E-state index in [2.05, 4.69) is 72.2 Å². The molecular formula is C33H29ClN2O3S. The Balaban J connectivity index is 1.25. The molecule has 0 bridgehead atoms. The van der Waals surface area contributed by atoms with Gasteiger partial charge in [0.1, 0.15) is 5.75 Å². The molecule has 1 aliphatic rings. The van der Waals surface area contributed by atoms with Crippen LogP contribution in [0.15, 0.2) is 90.1 Å². The number of aryl methyl sites for hydroxylation is 2. The van der Waals surface area contributed by atoms with Gasteiger partial charge in [-0.1, -0.05) is 71.9 Å². The molecule has 4 aromatic carbocycles. The topological polar surface area (TPSA) is 64.3 Å². The van der Waals surface area contributed by atoms with Crippen LogP contribution in [-0.2, 0) is 23.4 Å². The third-order valence-electron chi connectivity index (χ3n) is 7.53. The number of carboxylic acid groups (broad SMARTS) is 1. The fraction of sp³-hybridized carbons (Fsp3) is 0.212. The molecule has 0 aliphatic carbocycles. The number of hydrogen-bond donors (Lipinski definition) is 1. The highest BCUT2D eigenvalue weighted by atomic mass is 35.5. The van der Waals surface area contributed by atoms with Crippen molar-refractivity contribution in [2.75, 3.05) is 6.61 Å². The summed E-state index contributed by atoms with van der Waals surface area (Å²) in [5, 5.41) is 10.9. The van der Waals surface area contributed by atoms with Crippen molar-refractivity contribution in [1.82, 2.24) is 9.55 Å². The molecule has 0 saturated heterocycles. The zero-order valence-corrected chi connectivity index (χ0v) is 23.7. The van der Waals surface area contributed by atoms with Crippen molar-refractivity contribution in [2.24, 2.45) is 0 Å². The van der Waals surface area contributed by atoms with Gasteiger partial charge in [-0.25, -0.2) is 4.98 Å². The average Bonchev–Trinajstić information content (AvgIpc) is 3.52. The SMILES string of the molecule is Cc1c(CCc2ccc3c(c2)OC[C@H]3CC(=O)O)cccc1-n1c(SCc2ccc(Cl)cc2)nc2ccccc21. The van der Waals surface area contributed by atoms with E-state index in [-0.39, 0.29) is 12.3 Å². The number of carboxylic acids is 1. The number of thioether (sulfide) groups is 1. The first kappa shape index (κ1) is 26.5. The Morgan fingerprint density at radius 2 is 1.82 bits per heavy atom. The van der Waals surface area contributed by atoms with E-state index in [1.165, 1.54) is 22.3 Å². The van der Waals surface area contributed by atoms with Crippen LogP contribution in [0.4, 0.5) is 0 Å². The molecular weight excluding hydrogens is 540 g/mol. The summed E-state index contributed by atoms with van der Waals surface area (Å²) >= 11 is 7.81. The van der Waals surface area contributed by atoms with Gasteiger partial charge >= 0.3 is 5.97 Å². The van der Waals surface area contributed by atoms with Crippen LogP contribution in [-0.4, -0.2) is 27.2 Å². The van der Waals surface area contributed by atoms with Gasteiger partial charge < -0.3 is 9.84 Å². The first-order valence-electron chi connectivity index (χ1n) is 13.4. The molecule has 1 aromatic heterocycles. The zero-order valence-electron chi connectivity index (χ0n) is 22.1. The largest absolute Gasteiger partial charge is 0.493 e. The Morgan fingerprint density at radius 1 is 1.02 bits per heavy atom. The molecule has 7 heteroatoms. The normalized spacial score (nSPS) is 14.3. The van der Waals surface area contributed by atoms with E-state index < -0.39 is 5.97 Å². The fourth-order valence-corrected chi connectivity index (χ4v) is 6.48. The minimum Gasteiger partial charge on any atom is -0.493 e. The smallest absolute Gasteiger partial charge is 0.304 e. The number of halogens is 1. The molecule has 0 unspecified atom stereocenters. The van der Waals surface area contributed by atoms with Gasteiger partial charge in [-0.2, -0.15) is 0 Å². The molecule has 0 fully saturated rings. The van der Waals surface area contributed by atoms with Crippen LogP contribution >= 0.6 is 23.4 Å². The standard InChI is InChI=1S/C33H29ClN2O3S/c1-21-24(13-9-22-12-16-27-25(18-32(37)38)19-39-31(27)17-22)5-4-8-29(21)36-30-7-3-2-6-28(30)35-33(36)40-20-23-10-14-26(34)15-11-23/h2-8,10-12,14-17,25H,9,13,18-20H2,1H3,(H,37,38)/t25-/m1/s1. The first-order valence-corrected chi connectivity index (χ1v) is 14.7. The highest BCUT2D eigenvalue weighted by Crippen LogP contribution is 2.37. The number of ether oxygens (including phenoxy) is 1. The van der Waals surface area contributed by atoms with Gasteiger partial charge in [-0.15, -0.1) is 0 Å². The van der Waals surface area contributed by atoms with Gasteiger partial charge in [0.05, 0.1) is 29.7 Å². The van der Waals surface area contributed by atoms with Gasteiger partial charge in [-0.3, -0.25) is 9.36 Å². The number of benzene rings is 4. The molecule has 0 radical (unpaired) electrons. The minimum absolute atomic E-state index is 0.0720. The van der Waals surface area contributed by atoms with Crippen LogP contribution in [0, 0.1) is 6.92 Å². The van der Waals surface area contributed by atoms with Crippen molar-refractivity contribution in [3.8, 4) is 11.4 Å². The molecule has 5 nitrogen and oxygen atoms in total. The van der Waals surface area contributed by atoms with Crippen molar-refractivity contribution in [3.05, 3.63) is 118 Å². The second-order valence-corrected chi connectivity index (χ2v) is 11.6. The Bertz CT molecular complexity index is 1700. The lowest BCUT2D eigenvalue weighted by Gasteiger charge is -2.15. The lowest BCUT2D eigenvalue weighted by atomic mass is 9.94. The third-order valence-corrected chi connectivity index (χ3v) is 8.79. The lowest BCUT2D eigenvalue weighted by molar-refractivity contribution is -0.137. The molecule has 5 aromatic rings.